The fraction of sp³-hybridized carbons (Fsp3) is 0.556. The lowest BCUT2D eigenvalue weighted by Gasteiger charge is -2.19. The maximum Gasteiger partial charge on any atom is 0.134 e. The van der Waals surface area contributed by atoms with E-state index in [4.69, 9.17) is 4.42 Å². The zero-order valence-electron chi connectivity index (χ0n) is 13.5. The second-order valence-corrected chi connectivity index (χ2v) is 6.54. The molecule has 20 heavy (non-hydrogen) atoms. The SMILES string of the molecule is CCCc1ccc2oc(CNC(C)(C)C)c(CC)c2c1. The molecule has 0 aliphatic rings. The fourth-order valence-electron chi connectivity index (χ4n) is 2.57. The molecule has 0 unspecified atom stereocenters. The van der Waals surface area contributed by atoms with Gasteiger partial charge >= 0.3 is 0 Å². The average molecular weight is 273 g/mol. The molecule has 2 nitrogen and oxygen atoms in total. The van der Waals surface area contributed by atoms with Crippen molar-refractivity contribution in [1.29, 1.82) is 0 Å². The Morgan fingerprint density at radius 1 is 1.15 bits per heavy atom. The molecule has 1 aromatic carbocycles. The maximum atomic E-state index is 6.06. The van der Waals surface area contributed by atoms with Gasteiger partial charge in [0.25, 0.3) is 0 Å². The van der Waals surface area contributed by atoms with Crippen LogP contribution in [-0.4, -0.2) is 5.54 Å². The van der Waals surface area contributed by atoms with E-state index in [9.17, 15) is 0 Å². The summed E-state index contributed by atoms with van der Waals surface area (Å²) in [6, 6.07) is 6.62. The van der Waals surface area contributed by atoms with Gasteiger partial charge in [0.15, 0.2) is 0 Å². The van der Waals surface area contributed by atoms with Crippen LogP contribution in [0.4, 0.5) is 0 Å². The molecule has 0 amide bonds. The fourth-order valence-corrected chi connectivity index (χ4v) is 2.57. The van der Waals surface area contributed by atoms with Gasteiger partial charge in [0.1, 0.15) is 11.3 Å². The second-order valence-electron chi connectivity index (χ2n) is 6.54. The second kappa shape index (κ2) is 6.01. The Bertz CT molecular complexity index is 575. The normalized spacial score (nSPS) is 12.2. The summed E-state index contributed by atoms with van der Waals surface area (Å²) in [6.45, 7) is 11.8. The lowest BCUT2D eigenvalue weighted by atomic mass is 10.0. The third kappa shape index (κ3) is 3.43. The minimum Gasteiger partial charge on any atom is -0.459 e. The van der Waals surface area contributed by atoms with Gasteiger partial charge in [-0.3, -0.25) is 0 Å². The van der Waals surface area contributed by atoms with Crippen LogP contribution < -0.4 is 5.32 Å². The Hall–Kier alpha value is -1.28. The van der Waals surface area contributed by atoms with Crippen LogP contribution in [-0.2, 0) is 19.4 Å². The molecule has 0 atom stereocenters. The number of aryl methyl sites for hydroxylation is 2. The Kier molecular flexibility index (Phi) is 4.54. The molecule has 110 valence electrons. The molecular weight excluding hydrogens is 246 g/mol. The van der Waals surface area contributed by atoms with Crippen LogP contribution in [0.25, 0.3) is 11.0 Å². The Morgan fingerprint density at radius 2 is 1.90 bits per heavy atom. The van der Waals surface area contributed by atoms with Crippen LogP contribution in [0.3, 0.4) is 0 Å². The van der Waals surface area contributed by atoms with Crippen molar-refractivity contribution in [1.82, 2.24) is 5.32 Å². The predicted molar refractivity (Wildman–Crippen MR) is 86.2 cm³/mol. The van der Waals surface area contributed by atoms with E-state index >= 15 is 0 Å². The number of furan rings is 1. The smallest absolute Gasteiger partial charge is 0.134 e. The lowest BCUT2D eigenvalue weighted by Crippen LogP contribution is -2.35. The molecule has 1 heterocycles. The van der Waals surface area contributed by atoms with Gasteiger partial charge in [0.05, 0.1) is 6.54 Å². The number of rotatable bonds is 5. The van der Waals surface area contributed by atoms with Crippen molar-refractivity contribution in [2.45, 2.75) is 66.0 Å². The number of nitrogens with one attached hydrogen (secondary N) is 1. The highest BCUT2D eigenvalue weighted by Crippen LogP contribution is 2.28. The van der Waals surface area contributed by atoms with Crippen molar-refractivity contribution < 1.29 is 4.42 Å². The van der Waals surface area contributed by atoms with E-state index in [2.05, 4.69) is 58.1 Å². The minimum absolute atomic E-state index is 0.108. The van der Waals surface area contributed by atoms with Crippen LogP contribution >= 0.6 is 0 Å². The highest BCUT2D eigenvalue weighted by molar-refractivity contribution is 5.83. The molecule has 2 heteroatoms. The van der Waals surface area contributed by atoms with Crippen molar-refractivity contribution in [3.8, 4) is 0 Å². The van der Waals surface area contributed by atoms with E-state index in [1.807, 2.05) is 0 Å². The molecule has 0 saturated heterocycles. The number of hydrogen-bond donors (Lipinski definition) is 1. The summed E-state index contributed by atoms with van der Waals surface area (Å²) in [7, 11) is 0. The summed E-state index contributed by atoms with van der Waals surface area (Å²) in [5.41, 5.74) is 3.89. The highest BCUT2D eigenvalue weighted by atomic mass is 16.3. The molecule has 0 aliphatic heterocycles. The van der Waals surface area contributed by atoms with Crippen LogP contribution in [0.1, 0.15) is 57.9 Å². The summed E-state index contributed by atoms with van der Waals surface area (Å²) in [5, 5.41) is 4.82. The first-order chi connectivity index (χ1) is 9.44. The van der Waals surface area contributed by atoms with Crippen LogP contribution in [0.5, 0.6) is 0 Å². The highest BCUT2D eigenvalue weighted by Gasteiger charge is 2.16. The van der Waals surface area contributed by atoms with Crippen molar-refractivity contribution in [3.63, 3.8) is 0 Å². The predicted octanol–water partition coefficient (Wildman–Crippen LogP) is 4.84. The number of fused-ring (bicyclic) bond motifs is 1. The van der Waals surface area contributed by atoms with E-state index in [0.717, 1.165) is 30.7 Å². The molecule has 0 spiro atoms. The van der Waals surface area contributed by atoms with E-state index in [1.54, 1.807) is 0 Å². The summed E-state index contributed by atoms with van der Waals surface area (Å²) in [5.74, 6) is 1.09. The van der Waals surface area contributed by atoms with Crippen LogP contribution in [0, 0.1) is 0 Å². The summed E-state index contributed by atoms with van der Waals surface area (Å²) >= 11 is 0. The molecule has 0 saturated carbocycles. The molecule has 0 aliphatic carbocycles. The third-order valence-electron chi connectivity index (χ3n) is 3.61. The summed E-state index contributed by atoms with van der Waals surface area (Å²) in [4.78, 5) is 0. The largest absolute Gasteiger partial charge is 0.459 e. The zero-order chi connectivity index (χ0) is 14.8. The maximum absolute atomic E-state index is 6.06. The molecule has 1 aromatic heterocycles. The molecule has 1 N–H and O–H groups in total. The Morgan fingerprint density at radius 3 is 2.50 bits per heavy atom. The summed E-state index contributed by atoms with van der Waals surface area (Å²) in [6.07, 6.45) is 3.34. The van der Waals surface area contributed by atoms with Gasteiger partial charge in [-0.2, -0.15) is 0 Å². The summed E-state index contributed by atoms with van der Waals surface area (Å²) < 4.78 is 6.06. The van der Waals surface area contributed by atoms with Crippen molar-refractivity contribution in [3.05, 3.63) is 35.1 Å². The van der Waals surface area contributed by atoms with Crippen LogP contribution in [0.2, 0.25) is 0 Å². The van der Waals surface area contributed by atoms with Gasteiger partial charge in [0, 0.05) is 16.5 Å². The van der Waals surface area contributed by atoms with Crippen molar-refractivity contribution in [2.24, 2.45) is 0 Å². The van der Waals surface area contributed by atoms with Crippen molar-refractivity contribution >= 4 is 11.0 Å². The van der Waals surface area contributed by atoms with Gasteiger partial charge in [-0.15, -0.1) is 0 Å². The van der Waals surface area contributed by atoms with E-state index < -0.39 is 0 Å². The van der Waals surface area contributed by atoms with Gasteiger partial charge in [-0.1, -0.05) is 26.3 Å². The van der Waals surface area contributed by atoms with Gasteiger partial charge < -0.3 is 9.73 Å². The number of benzene rings is 1. The Balaban J connectivity index is 2.35. The van der Waals surface area contributed by atoms with Crippen molar-refractivity contribution in [2.75, 3.05) is 0 Å². The van der Waals surface area contributed by atoms with E-state index in [-0.39, 0.29) is 5.54 Å². The lowest BCUT2D eigenvalue weighted by molar-refractivity contribution is 0.393. The van der Waals surface area contributed by atoms with E-state index in [1.165, 1.54) is 22.9 Å². The van der Waals surface area contributed by atoms with Gasteiger partial charge in [-0.25, -0.2) is 0 Å². The molecule has 2 aromatic rings. The topological polar surface area (TPSA) is 25.2 Å². The standard InChI is InChI=1S/C18H27NO/c1-6-8-13-9-10-16-15(11-13)14(7-2)17(20-16)12-19-18(3,4)5/h9-11,19H,6-8,12H2,1-5H3. The first-order valence-corrected chi connectivity index (χ1v) is 7.72. The van der Waals surface area contributed by atoms with E-state index in [0.29, 0.717) is 0 Å². The molecular formula is C18H27NO. The Labute approximate surface area is 122 Å². The number of hydrogen-bond acceptors (Lipinski definition) is 2. The average Bonchev–Trinajstić information content (AvgIpc) is 2.73. The molecule has 0 fully saturated rings. The molecule has 0 radical (unpaired) electrons. The van der Waals surface area contributed by atoms with Gasteiger partial charge in [0.2, 0.25) is 0 Å². The van der Waals surface area contributed by atoms with Gasteiger partial charge in [-0.05, 0) is 51.3 Å². The first-order valence-electron chi connectivity index (χ1n) is 7.72. The van der Waals surface area contributed by atoms with Crippen LogP contribution in [0.15, 0.2) is 22.6 Å². The first kappa shape index (κ1) is 15.1. The zero-order valence-corrected chi connectivity index (χ0v) is 13.5. The minimum atomic E-state index is 0.108. The molecule has 0 bridgehead atoms. The molecule has 2 rings (SSSR count). The monoisotopic (exact) mass is 273 g/mol. The quantitative estimate of drug-likeness (QED) is 0.843. The third-order valence-corrected chi connectivity index (χ3v) is 3.61.